The Morgan fingerprint density at radius 3 is 2.56 bits per heavy atom. The Morgan fingerprint density at radius 2 is 1.93 bits per heavy atom. The summed E-state index contributed by atoms with van der Waals surface area (Å²) in [6.07, 6.45) is 0. The molecule has 0 atom stereocenters. The first-order chi connectivity index (χ1) is 13.0. The van der Waals surface area contributed by atoms with Crippen molar-refractivity contribution in [2.75, 3.05) is 32.5 Å². The van der Waals surface area contributed by atoms with E-state index in [-0.39, 0.29) is 41.8 Å². The van der Waals surface area contributed by atoms with Crippen molar-refractivity contribution in [2.45, 2.75) is 6.92 Å². The first-order valence-corrected chi connectivity index (χ1v) is 7.84. The predicted molar refractivity (Wildman–Crippen MR) is 90.5 cm³/mol. The number of aryl methyl sites for hydroxylation is 1. The van der Waals surface area contributed by atoms with Crippen molar-refractivity contribution in [3.8, 4) is 17.2 Å². The van der Waals surface area contributed by atoms with Gasteiger partial charge in [0.05, 0.1) is 32.0 Å². The zero-order chi connectivity index (χ0) is 19.6. The summed E-state index contributed by atoms with van der Waals surface area (Å²) < 4.78 is 20.3. The minimum atomic E-state index is -0.720. The number of anilines is 1. The number of carbonyl (C=O) groups excluding carboxylic acids is 2. The van der Waals surface area contributed by atoms with Gasteiger partial charge in [0.2, 0.25) is 5.89 Å². The van der Waals surface area contributed by atoms with Gasteiger partial charge in [0.25, 0.3) is 5.89 Å². The Labute approximate surface area is 153 Å². The highest BCUT2D eigenvalue weighted by Crippen LogP contribution is 2.35. The van der Waals surface area contributed by atoms with Gasteiger partial charge in [0.15, 0.2) is 0 Å². The van der Waals surface area contributed by atoms with Crippen molar-refractivity contribution >= 4 is 17.6 Å². The molecule has 0 saturated heterocycles. The average molecular weight is 375 g/mol. The van der Waals surface area contributed by atoms with Crippen LogP contribution in [0.15, 0.2) is 33.9 Å². The maximum atomic E-state index is 12.3. The van der Waals surface area contributed by atoms with Crippen molar-refractivity contribution in [1.82, 2.24) is 10.2 Å². The molecule has 0 unspecified atom stereocenters. The van der Waals surface area contributed by atoms with Crippen LogP contribution in [-0.2, 0) is 23.8 Å². The van der Waals surface area contributed by atoms with Crippen LogP contribution in [0, 0.1) is 6.92 Å². The van der Waals surface area contributed by atoms with Gasteiger partial charge in [-0.05, 0) is 18.2 Å². The third-order valence-corrected chi connectivity index (χ3v) is 3.88. The molecule has 0 saturated carbocycles. The summed E-state index contributed by atoms with van der Waals surface area (Å²) in [6.45, 7) is 1.51. The van der Waals surface area contributed by atoms with Gasteiger partial charge >= 0.3 is 11.9 Å². The summed E-state index contributed by atoms with van der Waals surface area (Å²) in [5.41, 5.74) is 0.732. The molecule has 27 heavy (non-hydrogen) atoms. The Kier molecular flexibility index (Phi) is 5.08. The summed E-state index contributed by atoms with van der Waals surface area (Å²) in [4.78, 5) is 25.8. The van der Waals surface area contributed by atoms with Crippen molar-refractivity contribution in [2.24, 2.45) is 0 Å². The van der Waals surface area contributed by atoms with E-state index in [4.69, 9.17) is 18.6 Å². The molecule has 10 nitrogen and oxygen atoms in total. The molecule has 0 fully saturated rings. The maximum Gasteiger partial charge on any atom is 0.355 e. The highest BCUT2D eigenvalue weighted by molar-refractivity contribution is 6.03. The number of aromatic nitrogens is 2. The van der Waals surface area contributed by atoms with E-state index < -0.39 is 11.9 Å². The number of phenols is 1. The van der Waals surface area contributed by atoms with Gasteiger partial charge in [-0.25, -0.2) is 9.59 Å². The Bertz CT molecular complexity index is 919. The SMILES string of the molecule is COC(=O)C1=C(C(=O)OC)N(c2ccc(O)c(-c3nnc(C)o3)c2)COC1. The fourth-order valence-corrected chi connectivity index (χ4v) is 2.62. The number of ether oxygens (including phenoxy) is 3. The van der Waals surface area contributed by atoms with Crippen molar-refractivity contribution < 1.29 is 33.3 Å². The molecule has 1 aromatic heterocycles. The van der Waals surface area contributed by atoms with Crippen LogP contribution in [-0.4, -0.2) is 54.8 Å². The van der Waals surface area contributed by atoms with Crippen LogP contribution < -0.4 is 4.90 Å². The molecular formula is C17H17N3O7. The lowest BCUT2D eigenvalue weighted by molar-refractivity contribution is -0.140. The summed E-state index contributed by atoms with van der Waals surface area (Å²) in [5.74, 6) is -1.06. The summed E-state index contributed by atoms with van der Waals surface area (Å²) in [6, 6.07) is 4.49. The highest BCUT2D eigenvalue weighted by atomic mass is 16.5. The molecule has 1 aromatic carbocycles. The molecule has 10 heteroatoms. The molecule has 2 heterocycles. The largest absolute Gasteiger partial charge is 0.507 e. The number of nitrogens with zero attached hydrogens (tertiary/aromatic N) is 3. The fraction of sp³-hybridized carbons (Fsp3) is 0.294. The number of carbonyl (C=O) groups is 2. The Balaban J connectivity index is 2.11. The van der Waals surface area contributed by atoms with Crippen molar-refractivity contribution in [3.05, 3.63) is 35.4 Å². The average Bonchev–Trinajstić information content (AvgIpc) is 3.12. The number of phenolic OH excluding ortho intramolecular Hbond substituents is 1. The predicted octanol–water partition coefficient (Wildman–Crippen LogP) is 1.14. The molecule has 3 rings (SSSR count). The van der Waals surface area contributed by atoms with Crippen molar-refractivity contribution in [1.29, 1.82) is 0 Å². The van der Waals surface area contributed by atoms with Crippen LogP contribution in [0.3, 0.4) is 0 Å². The van der Waals surface area contributed by atoms with E-state index in [0.717, 1.165) is 0 Å². The molecule has 2 aromatic rings. The lowest BCUT2D eigenvalue weighted by Crippen LogP contribution is -2.38. The minimum Gasteiger partial charge on any atom is -0.507 e. The Hall–Kier alpha value is -3.40. The molecule has 0 aliphatic carbocycles. The second-order valence-corrected chi connectivity index (χ2v) is 5.54. The van der Waals surface area contributed by atoms with Crippen LogP contribution in [0.2, 0.25) is 0 Å². The van der Waals surface area contributed by atoms with Crippen LogP contribution in [0.4, 0.5) is 5.69 Å². The lowest BCUT2D eigenvalue weighted by Gasteiger charge is -2.31. The van der Waals surface area contributed by atoms with Gasteiger partial charge in [0, 0.05) is 12.6 Å². The quantitative estimate of drug-likeness (QED) is 0.778. The molecule has 1 aliphatic heterocycles. The summed E-state index contributed by atoms with van der Waals surface area (Å²) >= 11 is 0. The van der Waals surface area contributed by atoms with Gasteiger partial charge in [-0.1, -0.05) is 0 Å². The number of aromatic hydroxyl groups is 1. The summed E-state index contributed by atoms with van der Waals surface area (Å²) in [5, 5.41) is 17.8. The van der Waals surface area contributed by atoms with Crippen LogP contribution >= 0.6 is 0 Å². The molecule has 142 valence electrons. The third kappa shape index (κ3) is 3.47. The number of hydrogen-bond donors (Lipinski definition) is 1. The smallest absolute Gasteiger partial charge is 0.355 e. The maximum absolute atomic E-state index is 12.3. The summed E-state index contributed by atoms with van der Waals surface area (Å²) in [7, 11) is 2.42. The normalized spacial score (nSPS) is 14.3. The van der Waals surface area contributed by atoms with E-state index in [1.54, 1.807) is 13.0 Å². The van der Waals surface area contributed by atoms with Crippen LogP contribution in [0.5, 0.6) is 5.75 Å². The number of hydrogen-bond acceptors (Lipinski definition) is 10. The molecule has 0 amide bonds. The Morgan fingerprint density at radius 1 is 1.19 bits per heavy atom. The minimum absolute atomic E-state index is 0.00560. The molecule has 0 spiro atoms. The number of rotatable bonds is 4. The number of methoxy groups -OCH3 is 2. The van der Waals surface area contributed by atoms with Gasteiger partial charge in [-0.3, -0.25) is 0 Å². The number of esters is 2. The van der Waals surface area contributed by atoms with Gasteiger partial charge in [-0.2, -0.15) is 0 Å². The second kappa shape index (κ2) is 7.46. The first-order valence-electron chi connectivity index (χ1n) is 7.84. The monoisotopic (exact) mass is 375 g/mol. The van der Waals surface area contributed by atoms with Crippen molar-refractivity contribution in [3.63, 3.8) is 0 Å². The second-order valence-electron chi connectivity index (χ2n) is 5.54. The lowest BCUT2D eigenvalue weighted by atomic mass is 10.1. The van der Waals surface area contributed by atoms with Gasteiger partial charge in [-0.15, -0.1) is 10.2 Å². The third-order valence-electron chi connectivity index (χ3n) is 3.88. The fourth-order valence-electron chi connectivity index (χ4n) is 2.62. The van der Waals surface area contributed by atoms with Crippen LogP contribution in [0.1, 0.15) is 5.89 Å². The molecule has 1 aliphatic rings. The first kappa shape index (κ1) is 18.4. The van der Waals surface area contributed by atoms with E-state index >= 15 is 0 Å². The molecular weight excluding hydrogens is 358 g/mol. The van der Waals surface area contributed by atoms with Gasteiger partial charge < -0.3 is 28.6 Å². The zero-order valence-corrected chi connectivity index (χ0v) is 14.9. The highest BCUT2D eigenvalue weighted by Gasteiger charge is 2.32. The van der Waals surface area contributed by atoms with E-state index in [1.807, 2.05) is 0 Å². The van der Waals surface area contributed by atoms with Crippen LogP contribution in [0.25, 0.3) is 11.5 Å². The number of benzene rings is 1. The molecule has 0 radical (unpaired) electrons. The van der Waals surface area contributed by atoms with E-state index in [1.165, 1.54) is 31.3 Å². The van der Waals surface area contributed by atoms with E-state index in [9.17, 15) is 14.7 Å². The standard InChI is InChI=1S/C17H17N3O7/c1-9-18-19-15(27-9)11-6-10(4-5-13(11)21)20-8-26-7-12(16(22)24-2)14(20)17(23)25-3/h4-6,21H,7-8H2,1-3H3. The van der Waals surface area contributed by atoms with E-state index in [2.05, 4.69) is 10.2 Å². The van der Waals surface area contributed by atoms with E-state index in [0.29, 0.717) is 11.6 Å². The molecule has 1 N–H and O–H groups in total. The zero-order valence-electron chi connectivity index (χ0n) is 14.9. The topological polar surface area (TPSA) is 124 Å². The molecule has 0 bridgehead atoms. The van der Waals surface area contributed by atoms with Gasteiger partial charge in [0.1, 0.15) is 18.2 Å².